The Morgan fingerprint density at radius 3 is 2.40 bits per heavy atom. The van der Waals surface area contributed by atoms with Crippen molar-refractivity contribution in [3.05, 3.63) is 65.0 Å². The highest BCUT2D eigenvalue weighted by Crippen LogP contribution is 2.21. The van der Waals surface area contributed by atoms with E-state index >= 15 is 0 Å². The molecule has 3 rings (SSSR count). The number of nitrogens with zero attached hydrogens (tertiary/aromatic N) is 1. The van der Waals surface area contributed by atoms with Crippen molar-refractivity contribution in [1.29, 1.82) is 0 Å². The summed E-state index contributed by atoms with van der Waals surface area (Å²) in [4.78, 5) is 26.6. The van der Waals surface area contributed by atoms with Crippen molar-refractivity contribution in [2.45, 2.75) is 32.9 Å². The molecule has 0 unspecified atom stereocenters. The molecule has 0 aromatic heterocycles. The normalized spacial score (nSPS) is 14.6. The number of benzene rings is 2. The molecular formula is C22H23F3N2O3. The van der Waals surface area contributed by atoms with E-state index in [2.05, 4.69) is 10.1 Å². The molecule has 2 amide bonds. The van der Waals surface area contributed by atoms with E-state index in [4.69, 9.17) is 0 Å². The van der Waals surface area contributed by atoms with Crippen LogP contribution in [0.4, 0.5) is 13.2 Å². The van der Waals surface area contributed by atoms with E-state index in [0.717, 1.165) is 0 Å². The summed E-state index contributed by atoms with van der Waals surface area (Å²) < 4.78 is 42.3. The zero-order valence-electron chi connectivity index (χ0n) is 16.5. The van der Waals surface area contributed by atoms with Gasteiger partial charge in [-0.3, -0.25) is 9.59 Å². The van der Waals surface area contributed by atoms with E-state index in [1.165, 1.54) is 30.3 Å². The number of hydrogen-bond donors (Lipinski definition) is 1. The molecule has 2 aromatic rings. The van der Waals surface area contributed by atoms with Crippen molar-refractivity contribution in [3.8, 4) is 5.75 Å². The van der Waals surface area contributed by atoms with Gasteiger partial charge in [0.2, 0.25) is 5.91 Å². The Morgan fingerprint density at radius 1 is 1.13 bits per heavy atom. The molecule has 0 saturated carbocycles. The van der Waals surface area contributed by atoms with Crippen LogP contribution in [0.25, 0.3) is 0 Å². The number of amides is 2. The molecule has 1 aliphatic rings. The Morgan fingerprint density at radius 2 is 1.80 bits per heavy atom. The zero-order chi connectivity index (χ0) is 21.7. The van der Waals surface area contributed by atoms with Gasteiger partial charge in [-0.25, -0.2) is 4.39 Å². The van der Waals surface area contributed by atoms with E-state index in [9.17, 15) is 22.8 Å². The standard InChI is InChI=1S/C22H23F3N2O3/c1-14-2-3-15(12-19(14)23)13-26-20(28)16-8-10-27(11-9-16)21(29)17-4-6-18(7-5-17)30-22(24)25/h2-7,12,16,22H,8-11,13H2,1H3,(H,26,28). The fraction of sp³-hybridized carbons (Fsp3) is 0.364. The average molecular weight is 420 g/mol. The highest BCUT2D eigenvalue weighted by atomic mass is 19.3. The van der Waals surface area contributed by atoms with Gasteiger partial charge in [0.25, 0.3) is 5.91 Å². The highest BCUT2D eigenvalue weighted by Gasteiger charge is 2.27. The number of aryl methyl sites for hydroxylation is 1. The second kappa shape index (κ2) is 9.65. The summed E-state index contributed by atoms with van der Waals surface area (Å²) in [6, 6.07) is 10.4. The van der Waals surface area contributed by atoms with Crippen LogP contribution in [0.2, 0.25) is 0 Å². The zero-order valence-corrected chi connectivity index (χ0v) is 16.5. The smallest absolute Gasteiger partial charge is 0.387 e. The van der Waals surface area contributed by atoms with Gasteiger partial charge >= 0.3 is 6.61 Å². The Kier molecular flexibility index (Phi) is 6.97. The van der Waals surface area contributed by atoms with Crippen molar-refractivity contribution in [2.24, 2.45) is 5.92 Å². The lowest BCUT2D eigenvalue weighted by Gasteiger charge is -2.31. The lowest BCUT2D eigenvalue weighted by atomic mass is 9.95. The molecule has 30 heavy (non-hydrogen) atoms. The fourth-order valence-corrected chi connectivity index (χ4v) is 3.39. The summed E-state index contributed by atoms with van der Waals surface area (Å²) in [5, 5.41) is 2.83. The van der Waals surface area contributed by atoms with E-state index < -0.39 is 6.61 Å². The number of likely N-dealkylation sites (tertiary alicyclic amines) is 1. The Balaban J connectivity index is 1.48. The first-order valence-corrected chi connectivity index (χ1v) is 9.70. The number of ether oxygens (including phenoxy) is 1. The lowest BCUT2D eigenvalue weighted by Crippen LogP contribution is -2.42. The van der Waals surface area contributed by atoms with E-state index in [0.29, 0.717) is 42.6 Å². The molecule has 8 heteroatoms. The van der Waals surface area contributed by atoms with Gasteiger partial charge in [0.1, 0.15) is 11.6 Å². The number of carbonyl (C=O) groups is 2. The molecule has 1 N–H and O–H groups in total. The van der Waals surface area contributed by atoms with Crippen molar-refractivity contribution < 1.29 is 27.5 Å². The predicted octanol–water partition coefficient (Wildman–Crippen LogP) is 3.90. The third-order valence-electron chi connectivity index (χ3n) is 5.18. The van der Waals surface area contributed by atoms with Gasteiger partial charge in [-0.15, -0.1) is 0 Å². The Bertz CT molecular complexity index is 895. The van der Waals surface area contributed by atoms with Crippen LogP contribution in [-0.2, 0) is 11.3 Å². The first-order valence-electron chi connectivity index (χ1n) is 9.70. The molecule has 2 aromatic carbocycles. The van der Waals surface area contributed by atoms with Crippen molar-refractivity contribution in [1.82, 2.24) is 10.2 Å². The Labute approximate surface area is 172 Å². The molecule has 0 atom stereocenters. The van der Waals surface area contributed by atoms with Gasteiger partial charge in [-0.1, -0.05) is 12.1 Å². The number of carbonyl (C=O) groups excluding carboxylic acids is 2. The topological polar surface area (TPSA) is 58.6 Å². The van der Waals surface area contributed by atoms with Crippen molar-refractivity contribution in [2.75, 3.05) is 13.1 Å². The molecule has 1 heterocycles. The first kappa shape index (κ1) is 21.7. The third kappa shape index (κ3) is 5.52. The van der Waals surface area contributed by atoms with Gasteiger partial charge in [0.05, 0.1) is 0 Å². The maximum atomic E-state index is 13.6. The number of nitrogens with one attached hydrogen (secondary N) is 1. The molecule has 160 valence electrons. The summed E-state index contributed by atoms with van der Waals surface area (Å²) in [6.45, 7) is -0.140. The van der Waals surface area contributed by atoms with Crippen LogP contribution in [0.15, 0.2) is 42.5 Å². The van der Waals surface area contributed by atoms with Gasteiger partial charge < -0.3 is 15.0 Å². The van der Waals surface area contributed by atoms with E-state index in [1.807, 2.05) is 0 Å². The molecular weight excluding hydrogens is 397 g/mol. The summed E-state index contributed by atoms with van der Waals surface area (Å²) in [5.74, 6) is -0.858. The van der Waals surface area contributed by atoms with E-state index in [1.54, 1.807) is 24.0 Å². The molecule has 0 spiro atoms. The monoisotopic (exact) mass is 420 g/mol. The molecule has 5 nitrogen and oxygen atoms in total. The first-order chi connectivity index (χ1) is 14.3. The molecule has 0 aliphatic carbocycles. The number of alkyl halides is 2. The third-order valence-corrected chi connectivity index (χ3v) is 5.18. The summed E-state index contributed by atoms with van der Waals surface area (Å²) >= 11 is 0. The van der Waals surface area contributed by atoms with Crippen molar-refractivity contribution >= 4 is 11.8 Å². The molecule has 0 bridgehead atoms. The van der Waals surface area contributed by atoms with E-state index in [-0.39, 0.29) is 35.8 Å². The van der Waals surface area contributed by atoms with Crippen molar-refractivity contribution in [3.63, 3.8) is 0 Å². The van der Waals surface area contributed by atoms with Gasteiger partial charge in [-0.2, -0.15) is 8.78 Å². The SMILES string of the molecule is Cc1ccc(CNC(=O)C2CCN(C(=O)c3ccc(OC(F)F)cc3)CC2)cc1F. The second-order valence-corrected chi connectivity index (χ2v) is 7.27. The van der Waals surface area contributed by atoms with Crippen LogP contribution in [0.5, 0.6) is 5.75 Å². The fourth-order valence-electron chi connectivity index (χ4n) is 3.39. The number of halogens is 3. The number of rotatable bonds is 6. The van der Waals surface area contributed by atoms with Gasteiger partial charge in [0, 0.05) is 31.1 Å². The second-order valence-electron chi connectivity index (χ2n) is 7.27. The highest BCUT2D eigenvalue weighted by molar-refractivity contribution is 5.94. The largest absolute Gasteiger partial charge is 0.435 e. The number of piperidine rings is 1. The van der Waals surface area contributed by atoms with Crippen LogP contribution >= 0.6 is 0 Å². The number of hydrogen-bond acceptors (Lipinski definition) is 3. The summed E-state index contributed by atoms with van der Waals surface area (Å²) in [5.41, 5.74) is 1.62. The maximum Gasteiger partial charge on any atom is 0.387 e. The summed E-state index contributed by atoms with van der Waals surface area (Å²) in [7, 11) is 0. The maximum absolute atomic E-state index is 13.6. The molecule has 1 aliphatic heterocycles. The van der Waals surface area contributed by atoms with Crippen LogP contribution in [0, 0.1) is 18.7 Å². The van der Waals surface area contributed by atoms with Crippen LogP contribution in [0.3, 0.4) is 0 Å². The lowest BCUT2D eigenvalue weighted by molar-refractivity contribution is -0.126. The predicted molar refractivity (Wildman–Crippen MR) is 105 cm³/mol. The van der Waals surface area contributed by atoms with Crippen LogP contribution in [-0.4, -0.2) is 36.4 Å². The Hall–Kier alpha value is -3.03. The summed E-state index contributed by atoms with van der Waals surface area (Å²) in [6.07, 6.45) is 1.04. The minimum Gasteiger partial charge on any atom is -0.435 e. The molecule has 1 saturated heterocycles. The molecule has 1 fully saturated rings. The quantitative estimate of drug-likeness (QED) is 0.771. The minimum absolute atomic E-state index is 0.00890. The average Bonchev–Trinajstić information content (AvgIpc) is 2.74. The van der Waals surface area contributed by atoms with Crippen LogP contribution < -0.4 is 10.1 Å². The van der Waals surface area contributed by atoms with Gasteiger partial charge in [-0.05, 0) is 61.2 Å². The molecule has 0 radical (unpaired) electrons. The van der Waals surface area contributed by atoms with Gasteiger partial charge in [0.15, 0.2) is 0 Å². The minimum atomic E-state index is -2.92. The van der Waals surface area contributed by atoms with Crippen LogP contribution in [0.1, 0.15) is 34.3 Å².